The number of allylic oxidation sites excluding steroid dienone is 21. The molecule has 98 heavy (non-hydrogen) atoms. The average Bonchev–Trinajstić information content (AvgIpc) is 0.785. The molecule has 17 unspecified atom stereocenters. The van der Waals surface area contributed by atoms with Crippen LogP contribution in [0.2, 0.25) is 0 Å². The van der Waals surface area contributed by atoms with Gasteiger partial charge in [-0.25, -0.2) is 0 Å². The van der Waals surface area contributed by atoms with E-state index in [9.17, 15) is 61.0 Å². The molecule has 3 saturated heterocycles. The summed E-state index contributed by atoms with van der Waals surface area (Å²) in [5.41, 5.74) is 0. The summed E-state index contributed by atoms with van der Waals surface area (Å²) in [7, 11) is 0. The largest absolute Gasteiger partial charge is 0.394 e. The highest BCUT2D eigenvalue weighted by Gasteiger charge is 2.53. The lowest BCUT2D eigenvalue weighted by atomic mass is 9.96. The second-order valence-electron chi connectivity index (χ2n) is 26.0. The Labute approximate surface area is 588 Å². The van der Waals surface area contributed by atoms with E-state index in [1.807, 2.05) is 6.08 Å². The van der Waals surface area contributed by atoms with E-state index in [4.69, 9.17) is 28.4 Å². The van der Waals surface area contributed by atoms with Gasteiger partial charge in [-0.05, 0) is 109 Å². The standard InChI is InChI=1S/C79H131NO18/c1-3-5-7-9-11-13-15-17-19-21-23-24-25-26-27-28-29-30-31-32-33-34-35-36-37-38-39-41-43-45-47-49-51-53-55-57-67(85)80-62(63(84)56-54-52-50-48-46-44-42-40-22-20-18-16-14-12-10-8-6-4-2)61-93-77-73(91)70(88)75(65(59-82)95-77)98-79-74(92)71(89)76(66(60-83)96-79)97-78-72(90)69(87)68(86)64(58-81)94-78/h5,7,11,13,17,19,22-24,26-27,29-30,32-33,35-36,40,46,48,54,56,62-66,68-79,81-84,86-92H,3-4,6,8-10,12,14-16,18,20-21,25,28,31,34,37-39,41-45,47,49-53,55,57-61H2,1-2H3,(H,80,85)/b7-5-,13-11-,19-17-,24-23-,27-26-,30-29-,33-32-,36-35-,40-22+,48-46+,56-54+. The summed E-state index contributed by atoms with van der Waals surface area (Å²) in [6, 6.07) is -1.01. The molecule has 1 amide bonds. The number of aliphatic hydroxyl groups excluding tert-OH is 11. The van der Waals surface area contributed by atoms with Crippen molar-refractivity contribution in [1.82, 2.24) is 5.32 Å². The molecular weight excluding hydrogens is 1250 g/mol. The first-order valence-corrected chi connectivity index (χ1v) is 37.4. The molecule has 3 heterocycles. The van der Waals surface area contributed by atoms with Gasteiger partial charge in [0, 0.05) is 6.42 Å². The van der Waals surface area contributed by atoms with Crippen LogP contribution < -0.4 is 5.32 Å². The molecular formula is C79H131NO18. The number of aliphatic hydroxyl groups is 11. The Morgan fingerprint density at radius 3 is 1.14 bits per heavy atom. The van der Waals surface area contributed by atoms with Gasteiger partial charge in [0.15, 0.2) is 18.9 Å². The molecule has 560 valence electrons. The van der Waals surface area contributed by atoms with Crippen LogP contribution in [0.1, 0.15) is 226 Å². The normalized spacial score (nSPS) is 27.5. The van der Waals surface area contributed by atoms with E-state index in [-0.39, 0.29) is 18.9 Å². The number of rotatable bonds is 56. The molecule has 3 aliphatic rings. The zero-order chi connectivity index (χ0) is 71.1. The van der Waals surface area contributed by atoms with Gasteiger partial charge < -0.3 is 89.9 Å². The average molecular weight is 1380 g/mol. The molecule has 3 rings (SSSR count). The Hall–Kier alpha value is -4.07. The zero-order valence-electron chi connectivity index (χ0n) is 59.5. The number of hydrogen-bond donors (Lipinski definition) is 12. The van der Waals surface area contributed by atoms with Crippen molar-refractivity contribution in [3.63, 3.8) is 0 Å². The second-order valence-corrected chi connectivity index (χ2v) is 26.0. The van der Waals surface area contributed by atoms with Crippen LogP contribution in [-0.4, -0.2) is 193 Å². The summed E-state index contributed by atoms with van der Waals surface area (Å²) in [4.78, 5) is 13.4. The van der Waals surface area contributed by atoms with E-state index in [0.717, 1.165) is 109 Å². The molecule has 0 aromatic carbocycles. The van der Waals surface area contributed by atoms with Gasteiger partial charge in [-0.2, -0.15) is 0 Å². The Morgan fingerprint density at radius 1 is 0.378 bits per heavy atom. The van der Waals surface area contributed by atoms with Crippen LogP contribution in [0.15, 0.2) is 134 Å². The van der Waals surface area contributed by atoms with Crippen LogP contribution in [0, 0.1) is 0 Å². The van der Waals surface area contributed by atoms with Gasteiger partial charge in [0.2, 0.25) is 5.91 Å². The van der Waals surface area contributed by atoms with E-state index in [0.29, 0.717) is 12.8 Å². The third kappa shape index (κ3) is 38.8. The molecule has 0 bridgehead atoms. The maximum atomic E-state index is 13.4. The number of hydrogen-bond acceptors (Lipinski definition) is 18. The van der Waals surface area contributed by atoms with E-state index in [2.05, 4.69) is 141 Å². The van der Waals surface area contributed by atoms with E-state index < -0.39 is 124 Å². The predicted octanol–water partition coefficient (Wildman–Crippen LogP) is 11.3. The topological polar surface area (TPSA) is 307 Å². The van der Waals surface area contributed by atoms with Crippen LogP contribution in [0.5, 0.6) is 0 Å². The van der Waals surface area contributed by atoms with Crippen molar-refractivity contribution in [3.8, 4) is 0 Å². The first-order valence-electron chi connectivity index (χ1n) is 37.4. The molecule has 19 nitrogen and oxygen atoms in total. The van der Waals surface area contributed by atoms with Crippen LogP contribution in [-0.2, 0) is 33.2 Å². The third-order valence-electron chi connectivity index (χ3n) is 17.7. The van der Waals surface area contributed by atoms with Gasteiger partial charge in [0.25, 0.3) is 0 Å². The Kier molecular flexibility index (Phi) is 52.6. The highest BCUT2D eigenvalue weighted by Crippen LogP contribution is 2.33. The summed E-state index contributed by atoms with van der Waals surface area (Å²) >= 11 is 0. The van der Waals surface area contributed by atoms with Crippen molar-refractivity contribution in [1.29, 1.82) is 0 Å². The molecule has 0 saturated carbocycles. The molecule has 0 aromatic heterocycles. The van der Waals surface area contributed by atoms with Gasteiger partial charge in [-0.1, -0.05) is 244 Å². The Bertz CT molecular complexity index is 2290. The molecule has 3 aliphatic heterocycles. The highest BCUT2D eigenvalue weighted by molar-refractivity contribution is 5.76. The number of unbranched alkanes of at least 4 members (excludes halogenated alkanes) is 20. The Balaban J connectivity index is 1.39. The minimum Gasteiger partial charge on any atom is -0.394 e. The van der Waals surface area contributed by atoms with E-state index in [1.54, 1.807) is 6.08 Å². The summed E-state index contributed by atoms with van der Waals surface area (Å²) in [6.07, 6.45) is 55.7. The van der Waals surface area contributed by atoms with Gasteiger partial charge in [-0.3, -0.25) is 4.79 Å². The lowest BCUT2D eigenvalue weighted by molar-refractivity contribution is -0.379. The number of nitrogens with one attached hydrogen (secondary N) is 1. The van der Waals surface area contributed by atoms with Crippen molar-refractivity contribution in [3.05, 3.63) is 134 Å². The summed E-state index contributed by atoms with van der Waals surface area (Å²) < 4.78 is 34.3. The fourth-order valence-corrected chi connectivity index (χ4v) is 11.6. The van der Waals surface area contributed by atoms with Crippen LogP contribution in [0.4, 0.5) is 0 Å². The SMILES string of the molecule is CC/C=C\C/C=C\C/C=C\C/C=C\C/C=C\C/C=C\C/C=C\C/C=C\CCCCCCCCCCCCC(=O)NC(COC1OC(CO)C(OC2OC(CO)C(OC3OC(CO)C(O)C(O)C3O)C(O)C2O)C(O)C1O)C(O)/C=C/CC/C=C/CC/C=C/CCCCCCCCCC. The zero-order valence-corrected chi connectivity index (χ0v) is 59.5. The minimum absolute atomic E-state index is 0.218. The van der Waals surface area contributed by atoms with Crippen molar-refractivity contribution in [2.75, 3.05) is 26.4 Å². The molecule has 12 N–H and O–H groups in total. The number of amides is 1. The van der Waals surface area contributed by atoms with Crippen molar-refractivity contribution in [2.24, 2.45) is 0 Å². The summed E-state index contributed by atoms with van der Waals surface area (Å²) in [5, 5.41) is 121. The fourth-order valence-electron chi connectivity index (χ4n) is 11.6. The van der Waals surface area contributed by atoms with Crippen LogP contribution in [0.25, 0.3) is 0 Å². The van der Waals surface area contributed by atoms with Gasteiger partial charge >= 0.3 is 0 Å². The quantitative estimate of drug-likeness (QED) is 0.0199. The minimum atomic E-state index is -1.99. The number of carbonyl (C=O) groups is 1. The molecule has 0 radical (unpaired) electrons. The summed E-state index contributed by atoms with van der Waals surface area (Å²) in [6.45, 7) is 1.57. The van der Waals surface area contributed by atoms with Gasteiger partial charge in [-0.15, -0.1) is 0 Å². The summed E-state index contributed by atoms with van der Waals surface area (Å²) in [5.74, 6) is -0.300. The van der Waals surface area contributed by atoms with Crippen LogP contribution >= 0.6 is 0 Å². The van der Waals surface area contributed by atoms with Crippen LogP contribution in [0.3, 0.4) is 0 Å². The predicted molar refractivity (Wildman–Crippen MR) is 387 cm³/mol. The number of carbonyl (C=O) groups excluding carboxylic acids is 1. The van der Waals surface area contributed by atoms with Gasteiger partial charge in [0.1, 0.15) is 73.2 Å². The molecule has 19 heteroatoms. The van der Waals surface area contributed by atoms with E-state index >= 15 is 0 Å². The molecule has 0 aromatic rings. The smallest absolute Gasteiger partial charge is 0.220 e. The second kappa shape index (κ2) is 58.4. The third-order valence-corrected chi connectivity index (χ3v) is 17.7. The first-order chi connectivity index (χ1) is 47.8. The lowest BCUT2D eigenvalue weighted by Gasteiger charge is -2.48. The first kappa shape index (κ1) is 88.1. The van der Waals surface area contributed by atoms with Crippen molar-refractivity contribution >= 4 is 5.91 Å². The van der Waals surface area contributed by atoms with Gasteiger partial charge in [0.05, 0.1) is 38.6 Å². The lowest BCUT2D eigenvalue weighted by Crippen LogP contribution is -2.66. The monoisotopic (exact) mass is 1380 g/mol. The fraction of sp³-hybridized carbons (Fsp3) is 0.709. The number of ether oxygens (including phenoxy) is 6. The molecule has 0 spiro atoms. The molecule has 3 fully saturated rings. The Morgan fingerprint density at radius 2 is 0.714 bits per heavy atom. The highest BCUT2D eigenvalue weighted by atomic mass is 16.8. The maximum Gasteiger partial charge on any atom is 0.220 e. The van der Waals surface area contributed by atoms with Crippen molar-refractivity contribution < 1.29 is 89.4 Å². The molecule has 0 aliphatic carbocycles. The molecule has 17 atom stereocenters. The maximum absolute atomic E-state index is 13.4. The van der Waals surface area contributed by atoms with Crippen molar-refractivity contribution in [2.45, 2.75) is 330 Å². The van der Waals surface area contributed by atoms with E-state index in [1.165, 1.54) is 83.5 Å².